The van der Waals surface area contributed by atoms with Crippen LogP contribution in [0.1, 0.15) is 34.6 Å². The maximum Gasteiger partial charge on any atom is 0.0311 e. The van der Waals surface area contributed by atoms with E-state index in [4.69, 9.17) is 11.5 Å². The molecule has 4 N–H and O–H groups in total. The Morgan fingerprint density at radius 2 is 1.71 bits per heavy atom. The Balaban J connectivity index is 0. The summed E-state index contributed by atoms with van der Waals surface area (Å²) in [6, 6.07) is 0. The van der Waals surface area contributed by atoms with E-state index in [9.17, 15) is 0 Å². The summed E-state index contributed by atoms with van der Waals surface area (Å²) in [7, 11) is 0. The molecule has 0 fully saturated rings. The fraction of sp³-hybridized carbons (Fsp3) is 0.500. The van der Waals surface area contributed by atoms with Gasteiger partial charge in [-0.15, -0.1) is 0 Å². The van der Waals surface area contributed by atoms with Gasteiger partial charge in [-0.2, -0.15) is 0 Å². The zero-order chi connectivity index (χ0) is 11.6. The predicted molar refractivity (Wildman–Crippen MR) is 65.8 cm³/mol. The molecule has 82 valence electrons. The second kappa shape index (κ2) is 8.57. The first-order chi connectivity index (χ1) is 6.45. The molecule has 2 heteroatoms. The average Bonchev–Trinajstić information content (AvgIpc) is 2.13. The Labute approximate surface area is 88.4 Å². The summed E-state index contributed by atoms with van der Waals surface area (Å²) in [5, 5.41) is 0. The molecule has 0 aromatic rings. The molecular weight excluding hydrogens is 172 g/mol. The van der Waals surface area contributed by atoms with Crippen molar-refractivity contribution in [3.05, 3.63) is 36.1 Å². The van der Waals surface area contributed by atoms with E-state index in [0.717, 1.165) is 0 Å². The monoisotopic (exact) mass is 196 g/mol. The number of nitrogens with two attached hydrogens (primary N) is 2. The Morgan fingerprint density at radius 1 is 1.21 bits per heavy atom. The van der Waals surface area contributed by atoms with E-state index in [0.29, 0.717) is 5.70 Å². The van der Waals surface area contributed by atoms with Gasteiger partial charge >= 0.3 is 0 Å². The van der Waals surface area contributed by atoms with Gasteiger partial charge < -0.3 is 11.5 Å². The molecule has 0 amide bonds. The Hall–Kier alpha value is -1.02. The van der Waals surface area contributed by atoms with Gasteiger partial charge in [-0.1, -0.05) is 32.1 Å². The van der Waals surface area contributed by atoms with E-state index in [2.05, 4.69) is 0 Å². The Bertz CT molecular complexity index is 205. The van der Waals surface area contributed by atoms with E-state index < -0.39 is 0 Å². The van der Waals surface area contributed by atoms with Crippen molar-refractivity contribution < 1.29 is 0 Å². The van der Waals surface area contributed by atoms with Crippen molar-refractivity contribution in [1.29, 1.82) is 0 Å². The second-order valence-corrected chi connectivity index (χ2v) is 3.35. The molecule has 0 aliphatic heterocycles. The fourth-order valence-corrected chi connectivity index (χ4v) is 0.574. The van der Waals surface area contributed by atoms with Crippen LogP contribution < -0.4 is 11.5 Å². The van der Waals surface area contributed by atoms with Crippen molar-refractivity contribution in [2.75, 3.05) is 0 Å². The standard InChI is InChI=1S/C10H18N2.C2H6/c1-4-5-6-9(11)7-8-10(2,3)12;1-2/h4-8H,11-12H2,1-3H3;1-2H3/b5-4+,8-7-,9-6+;. The van der Waals surface area contributed by atoms with Gasteiger partial charge in [-0.05, 0) is 32.9 Å². The highest BCUT2D eigenvalue weighted by atomic mass is 14.7. The lowest BCUT2D eigenvalue weighted by Gasteiger charge is -2.11. The molecule has 0 atom stereocenters. The first-order valence-corrected chi connectivity index (χ1v) is 5.02. The van der Waals surface area contributed by atoms with Crippen LogP contribution in [0.15, 0.2) is 36.1 Å². The summed E-state index contributed by atoms with van der Waals surface area (Å²) in [5.41, 5.74) is 11.8. The third kappa shape index (κ3) is 13.6. The van der Waals surface area contributed by atoms with Gasteiger partial charge in [0.15, 0.2) is 0 Å². The van der Waals surface area contributed by atoms with Gasteiger partial charge in [0.2, 0.25) is 0 Å². The number of allylic oxidation sites excluding steroid dienone is 4. The molecule has 0 saturated heterocycles. The maximum atomic E-state index is 5.72. The molecule has 2 nitrogen and oxygen atoms in total. The molecule has 0 heterocycles. The number of hydrogen-bond acceptors (Lipinski definition) is 2. The predicted octanol–water partition coefficient (Wildman–Crippen LogP) is 2.72. The minimum atomic E-state index is -0.297. The molecule has 0 spiro atoms. The molecule has 0 radical (unpaired) electrons. The minimum absolute atomic E-state index is 0.297. The van der Waals surface area contributed by atoms with E-state index in [1.54, 1.807) is 0 Å². The summed E-state index contributed by atoms with van der Waals surface area (Å²) in [4.78, 5) is 0. The molecule has 0 unspecified atom stereocenters. The summed E-state index contributed by atoms with van der Waals surface area (Å²) < 4.78 is 0. The van der Waals surface area contributed by atoms with Crippen LogP contribution in [-0.4, -0.2) is 5.54 Å². The molecule has 0 aromatic carbocycles. The van der Waals surface area contributed by atoms with Crippen molar-refractivity contribution in [2.45, 2.75) is 40.2 Å². The van der Waals surface area contributed by atoms with E-state index >= 15 is 0 Å². The maximum absolute atomic E-state index is 5.72. The third-order valence-electron chi connectivity index (χ3n) is 1.19. The zero-order valence-electron chi connectivity index (χ0n) is 10.0. The third-order valence-corrected chi connectivity index (χ3v) is 1.19. The molecule has 0 aliphatic rings. The van der Waals surface area contributed by atoms with E-state index in [-0.39, 0.29) is 5.54 Å². The van der Waals surface area contributed by atoms with Crippen LogP contribution in [0.4, 0.5) is 0 Å². The molecule has 0 bridgehead atoms. The summed E-state index contributed by atoms with van der Waals surface area (Å²) >= 11 is 0. The van der Waals surface area contributed by atoms with Gasteiger partial charge in [-0.25, -0.2) is 0 Å². The Kier molecular flexibility index (Phi) is 9.46. The summed E-state index contributed by atoms with van der Waals surface area (Å²) in [6.07, 6.45) is 9.35. The van der Waals surface area contributed by atoms with Gasteiger partial charge in [0.1, 0.15) is 0 Å². The topological polar surface area (TPSA) is 52.0 Å². The van der Waals surface area contributed by atoms with Gasteiger partial charge in [0.05, 0.1) is 0 Å². The highest BCUT2D eigenvalue weighted by Gasteiger charge is 2.02. The summed E-state index contributed by atoms with van der Waals surface area (Å²) in [6.45, 7) is 9.79. The lowest BCUT2D eigenvalue weighted by Crippen LogP contribution is -2.28. The average molecular weight is 196 g/mol. The molecule has 0 rings (SSSR count). The van der Waals surface area contributed by atoms with Crippen LogP contribution >= 0.6 is 0 Å². The highest BCUT2D eigenvalue weighted by molar-refractivity contribution is 5.22. The van der Waals surface area contributed by atoms with Crippen LogP contribution in [0.25, 0.3) is 0 Å². The number of hydrogen-bond donors (Lipinski definition) is 2. The molecule has 0 aromatic heterocycles. The Morgan fingerprint density at radius 3 is 2.07 bits per heavy atom. The van der Waals surface area contributed by atoms with Gasteiger partial charge in [0.25, 0.3) is 0 Å². The first-order valence-electron chi connectivity index (χ1n) is 5.02. The SMILES string of the molecule is C/C=C/C=C(N)\C=C/C(C)(C)N.CC. The minimum Gasteiger partial charge on any atom is -0.399 e. The number of rotatable bonds is 3. The lowest BCUT2D eigenvalue weighted by molar-refractivity contribution is 0.653. The van der Waals surface area contributed by atoms with E-state index in [1.165, 1.54) is 0 Å². The van der Waals surface area contributed by atoms with E-state index in [1.807, 2.05) is 65.0 Å². The molecule has 14 heavy (non-hydrogen) atoms. The van der Waals surface area contributed by atoms with Crippen molar-refractivity contribution in [3.8, 4) is 0 Å². The molecule has 0 aliphatic carbocycles. The van der Waals surface area contributed by atoms with Crippen molar-refractivity contribution >= 4 is 0 Å². The second-order valence-electron chi connectivity index (χ2n) is 3.35. The highest BCUT2D eigenvalue weighted by Crippen LogP contribution is 2.00. The normalized spacial score (nSPS) is 13.1. The lowest BCUT2D eigenvalue weighted by atomic mass is 10.1. The quantitative estimate of drug-likeness (QED) is 0.682. The van der Waals surface area contributed by atoms with Crippen LogP contribution in [0.3, 0.4) is 0 Å². The van der Waals surface area contributed by atoms with Crippen LogP contribution in [-0.2, 0) is 0 Å². The first kappa shape index (κ1) is 15.5. The largest absolute Gasteiger partial charge is 0.399 e. The van der Waals surface area contributed by atoms with Crippen LogP contribution in [0.5, 0.6) is 0 Å². The van der Waals surface area contributed by atoms with Crippen LogP contribution in [0.2, 0.25) is 0 Å². The molecule has 0 saturated carbocycles. The van der Waals surface area contributed by atoms with Crippen molar-refractivity contribution in [3.63, 3.8) is 0 Å². The summed E-state index contributed by atoms with van der Waals surface area (Å²) in [5.74, 6) is 0. The smallest absolute Gasteiger partial charge is 0.0311 e. The van der Waals surface area contributed by atoms with Gasteiger partial charge in [0, 0.05) is 11.2 Å². The molecular formula is C12H24N2. The van der Waals surface area contributed by atoms with Crippen LogP contribution in [0, 0.1) is 0 Å². The fourth-order valence-electron chi connectivity index (χ4n) is 0.574. The van der Waals surface area contributed by atoms with Gasteiger partial charge in [-0.3, -0.25) is 0 Å². The van der Waals surface area contributed by atoms with Crippen molar-refractivity contribution in [1.82, 2.24) is 0 Å². The van der Waals surface area contributed by atoms with Crippen molar-refractivity contribution in [2.24, 2.45) is 11.5 Å². The zero-order valence-corrected chi connectivity index (χ0v) is 10.0.